The molecular formula is C13H29NO. The molecule has 0 aromatic rings. The van der Waals surface area contributed by atoms with Gasteiger partial charge >= 0.3 is 0 Å². The lowest BCUT2D eigenvalue weighted by Crippen LogP contribution is -2.22. The maximum absolute atomic E-state index is 5.59. The van der Waals surface area contributed by atoms with Crippen LogP contribution in [0.5, 0.6) is 0 Å². The molecule has 15 heavy (non-hydrogen) atoms. The minimum atomic E-state index is 0.732. The van der Waals surface area contributed by atoms with Crippen molar-refractivity contribution in [3.8, 4) is 0 Å². The molecule has 0 aliphatic heterocycles. The Kier molecular flexibility index (Phi) is 10.4. The SMILES string of the molecule is CCCNCC(C)CCOCCC(C)C. The third-order valence-corrected chi connectivity index (χ3v) is 2.51. The van der Waals surface area contributed by atoms with E-state index in [1.165, 1.54) is 19.3 Å². The van der Waals surface area contributed by atoms with Crippen molar-refractivity contribution in [1.82, 2.24) is 5.32 Å². The van der Waals surface area contributed by atoms with Crippen LogP contribution in [0.2, 0.25) is 0 Å². The van der Waals surface area contributed by atoms with Gasteiger partial charge in [-0.25, -0.2) is 0 Å². The van der Waals surface area contributed by atoms with E-state index in [0.717, 1.165) is 38.1 Å². The molecule has 0 spiro atoms. The van der Waals surface area contributed by atoms with E-state index in [2.05, 4.69) is 33.0 Å². The van der Waals surface area contributed by atoms with Crippen LogP contribution in [-0.4, -0.2) is 26.3 Å². The average Bonchev–Trinajstić information content (AvgIpc) is 2.17. The van der Waals surface area contributed by atoms with Gasteiger partial charge in [-0.15, -0.1) is 0 Å². The van der Waals surface area contributed by atoms with E-state index < -0.39 is 0 Å². The molecule has 0 radical (unpaired) electrons. The first kappa shape index (κ1) is 14.9. The first-order chi connectivity index (χ1) is 7.16. The summed E-state index contributed by atoms with van der Waals surface area (Å²) in [6.07, 6.45) is 3.58. The highest BCUT2D eigenvalue weighted by Crippen LogP contribution is 2.03. The number of hydrogen-bond donors (Lipinski definition) is 1. The number of hydrogen-bond acceptors (Lipinski definition) is 2. The molecule has 0 bridgehead atoms. The molecule has 92 valence electrons. The summed E-state index contributed by atoms with van der Waals surface area (Å²) in [5.41, 5.74) is 0. The van der Waals surface area contributed by atoms with Gasteiger partial charge in [0.2, 0.25) is 0 Å². The Labute approximate surface area is 95.8 Å². The molecule has 2 nitrogen and oxygen atoms in total. The number of ether oxygens (including phenoxy) is 1. The molecule has 0 saturated heterocycles. The van der Waals surface area contributed by atoms with Crippen molar-refractivity contribution in [1.29, 1.82) is 0 Å². The van der Waals surface area contributed by atoms with Crippen molar-refractivity contribution in [2.24, 2.45) is 11.8 Å². The van der Waals surface area contributed by atoms with E-state index in [9.17, 15) is 0 Å². The van der Waals surface area contributed by atoms with Crippen LogP contribution in [0.1, 0.15) is 47.0 Å². The summed E-state index contributed by atoms with van der Waals surface area (Å²) in [5, 5.41) is 3.44. The average molecular weight is 215 g/mol. The van der Waals surface area contributed by atoms with Gasteiger partial charge in [0.05, 0.1) is 0 Å². The van der Waals surface area contributed by atoms with Crippen molar-refractivity contribution < 1.29 is 4.74 Å². The fraction of sp³-hybridized carbons (Fsp3) is 1.00. The molecule has 0 rings (SSSR count). The number of rotatable bonds is 10. The van der Waals surface area contributed by atoms with E-state index >= 15 is 0 Å². The molecule has 0 aliphatic carbocycles. The van der Waals surface area contributed by atoms with Gasteiger partial charge in [-0.1, -0.05) is 27.7 Å². The molecule has 0 aliphatic rings. The van der Waals surface area contributed by atoms with E-state index in [4.69, 9.17) is 4.74 Å². The maximum atomic E-state index is 5.59. The zero-order valence-corrected chi connectivity index (χ0v) is 11.0. The van der Waals surface area contributed by atoms with Crippen molar-refractivity contribution >= 4 is 0 Å². The summed E-state index contributed by atoms with van der Waals surface area (Å²) in [7, 11) is 0. The van der Waals surface area contributed by atoms with Crippen LogP contribution in [0, 0.1) is 11.8 Å². The molecule has 0 saturated carbocycles. The minimum absolute atomic E-state index is 0.732. The lowest BCUT2D eigenvalue weighted by molar-refractivity contribution is 0.112. The monoisotopic (exact) mass is 215 g/mol. The Morgan fingerprint density at radius 2 is 1.73 bits per heavy atom. The molecule has 2 heteroatoms. The van der Waals surface area contributed by atoms with E-state index in [-0.39, 0.29) is 0 Å². The lowest BCUT2D eigenvalue weighted by Gasteiger charge is -2.12. The van der Waals surface area contributed by atoms with Crippen molar-refractivity contribution in [3.63, 3.8) is 0 Å². The highest BCUT2D eigenvalue weighted by molar-refractivity contribution is 4.56. The van der Waals surface area contributed by atoms with Gasteiger partial charge in [0.1, 0.15) is 0 Å². The Hall–Kier alpha value is -0.0800. The first-order valence-corrected chi connectivity index (χ1v) is 6.45. The van der Waals surface area contributed by atoms with E-state index in [0.29, 0.717) is 0 Å². The van der Waals surface area contributed by atoms with Crippen LogP contribution in [0.3, 0.4) is 0 Å². The Morgan fingerprint density at radius 3 is 2.33 bits per heavy atom. The lowest BCUT2D eigenvalue weighted by atomic mass is 10.1. The van der Waals surface area contributed by atoms with Crippen LogP contribution in [0.4, 0.5) is 0 Å². The Balaban J connectivity index is 3.13. The second-order valence-corrected chi connectivity index (χ2v) is 4.89. The fourth-order valence-electron chi connectivity index (χ4n) is 1.33. The molecule has 1 unspecified atom stereocenters. The van der Waals surface area contributed by atoms with Crippen molar-refractivity contribution in [2.45, 2.75) is 47.0 Å². The van der Waals surface area contributed by atoms with E-state index in [1.807, 2.05) is 0 Å². The van der Waals surface area contributed by atoms with Crippen molar-refractivity contribution in [2.75, 3.05) is 26.3 Å². The van der Waals surface area contributed by atoms with E-state index in [1.54, 1.807) is 0 Å². The Morgan fingerprint density at radius 1 is 1.07 bits per heavy atom. The Bertz CT molecular complexity index is 126. The molecular weight excluding hydrogens is 186 g/mol. The van der Waals surface area contributed by atoms with Gasteiger partial charge in [-0.2, -0.15) is 0 Å². The highest BCUT2D eigenvalue weighted by atomic mass is 16.5. The second kappa shape index (κ2) is 10.4. The zero-order valence-electron chi connectivity index (χ0n) is 11.0. The molecule has 0 amide bonds. The van der Waals surface area contributed by atoms with Crippen LogP contribution >= 0.6 is 0 Å². The molecule has 0 aromatic carbocycles. The molecule has 0 aromatic heterocycles. The summed E-state index contributed by atoms with van der Waals surface area (Å²) in [6.45, 7) is 13.1. The zero-order chi connectivity index (χ0) is 11.5. The van der Waals surface area contributed by atoms with Gasteiger partial charge < -0.3 is 10.1 Å². The fourth-order valence-corrected chi connectivity index (χ4v) is 1.33. The smallest absolute Gasteiger partial charge is 0.0469 e. The van der Waals surface area contributed by atoms with Gasteiger partial charge in [-0.3, -0.25) is 0 Å². The third kappa shape index (κ3) is 11.8. The predicted octanol–water partition coefficient (Wildman–Crippen LogP) is 3.07. The quantitative estimate of drug-likeness (QED) is 0.565. The van der Waals surface area contributed by atoms with Gasteiger partial charge in [0, 0.05) is 13.2 Å². The first-order valence-electron chi connectivity index (χ1n) is 6.45. The summed E-state index contributed by atoms with van der Waals surface area (Å²) >= 11 is 0. The van der Waals surface area contributed by atoms with Gasteiger partial charge in [0.15, 0.2) is 0 Å². The number of nitrogens with one attached hydrogen (secondary N) is 1. The highest BCUT2D eigenvalue weighted by Gasteiger charge is 2.01. The molecule has 0 fully saturated rings. The van der Waals surface area contributed by atoms with Gasteiger partial charge in [0.25, 0.3) is 0 Å². The normalized spacial score (nSPS) is 13.4. The van der Waals surface area contributed by atoms with Crippen LogP contribution in [0.15, 0.2) is 0 Å². The van der Waals surface area contributed by atoms with Gasteiger partial charge in [-0.05, 0) is 44.2 Å². The molecule has 1 N–H and O–H groups in total. The van der Waals surface area contributed by atoms with Crippen LogP contribution in [-0.2, 0) is 4.74 Å². The summed E-state index contributed by atoms with van der Waals surface area (Å²) in [6, 6.07) is 0. The topological polar surface area (TPSA) is 21.3 Å². The largest absolute Gasteiger partial charge is 0.381 e. The van der Waals surface area contributed by atoms with Crippen LogP contribution in [0.25, 0.3) is 0 Å². The molecule has 1 atom stereocenters. The summed E-state index contributed by atoms with van der Waals surface area (Å²) < 4.78 is 5.59. The molecule has 0 heterocycles. The maximum Gasteiger partial charge on any atom is 0.0469 e. The third-order valence-electron chi connectivity index (χ3n) is 2.51. The second-order valence-electron chi connectivity index (χ2n) is 4.89. The minimum Gasteiger partial charge on any atom is -0.381 e. The van der Waals surface area contributed by atoms with Crippen molar-refractivity contribution in [3.05, 3.63) is 0 Å². The standard InChI is InChI=1S/C13H29NO/c1-5-8-14-11-13(4)7-10-15-9-6-12(2)3/h12-14H,5-11H2,1-4H3. The van der Waals surface area contributed by atoms with Crippen LogP contribution < -0.4 is 5.32 Å². The predicted molar refractivity (Wildman–Crippen MR) is 67.2 cm³/mol. The summed E-state index contributed by atoms with van der Waals surface area (Å²) in [5.74, 6) is 1.49. The summed E-state index contributed by atoms with van der Waals surface area (Å²) in [4.78, 5) is 0.